The molecule has 0 amide bonds. The van der Waals surface area contributed by atoms with Crippen LogP contribution in [0.1, 0.15) is 25.7 Å². The first-order chi connectivity index (χ1) is 9.60. The smallest absolute Gasteiger partial charge is 0.244 e. The summed E-state index contributed by atoms with van der Waals surface area (Å²) in [5, 5.41) is 0.284. The fraction of sp³-hybridized carbons (Fsp3) is 0.571. The van der Waals surface area contributed by atoms with Crippen molar-refractivity contribution < 1.29 is 13.2 Å². The number of nitrogens with zero attached hydrogens (tertiary/aromatic N) is 1. The second-order valence-corrected chi connectivity index (χ2v) is 7.57. The third kappa shape index (κ3) is 2.48. The molecule has 1 heterocycles. The van der Waals surface area contributed by atoms with Gasteiger partial charge in [-0.1, -0.05) is 36.6 Å². The average Bonchev–Trinajstić information content (AvgIpc) is 2.47. The number of ether oxygens (including phenoxy) is 1. The van der Waals surface area contributed by atoms with Crippen LogP contribution in [0.15, 0.2) is 29.2 Å². The fourth-order valence-electron chi connectivity index (χ4n) is 3.14. The lowest BCUT2D eigenvalue weighted by Gasteiger charge is -2.42. The molecule has 2 fully saturated rings. The molecule has 0 unspecified atom stereocenters. The predicted molar refractivity (Wildman–Crippen MR) is 77.3 cm³/mol. The largest absolute Gasteiger partial charge is 0.375 e. The van der Waals surface area contributed by atoms with E-state index < -0.39 is 10.0 Å². The number of rotatable bonds is 2. The highest BCUT2D eigenvalue weighted by atomic mass is 35.5. The lowest BCUT2D eigenvalue weighted by Crippen LogP contribution is -2.54. The van der Waals surface area contributed by atoms with Crippen molar-refractivity contribution in [2.45, 2.75) is 42.7 Å². The minimum Gasteiger partial charge on any atom is -0.375 e. The maximum Gasteiger partial charge on any atom is 0.244 e. The molecule has 1 aromatic carbocycles. The molecule has 1 saturated carbocycles. The molecule has 3 rings (SSSR count). The maximum atomic E-state index is 12.8. The van der Waals surface area contributed by atoms with E-state index in [0.29, 0.717) is 13.2 Å². The molecule has 110 valence electrons. The molecule has 20 heavy (non-hydrogen) atoms. The van der Waals surface area contributed by atoms with Crippen LogP contribution in [0.2, 0.25) is 5.02 Å². The fourth-order valence-corrected chi connectivity index (χ4v) is 5.30. The van der Waals surface area contributed by atoms with Gasteiger partial charge < -0.3 is 4.74 Å². The number of morpholine rings is 1. The Bertz CT molecular complexity index is 588. The summed E-state index contributed by atoms with van der Waals surface area (Å²) in [6, 6.07) is 6.60. The predicted octanol–water partition coefficient (Wildman–Crippen LogP) is 2.67. The van der Waals surface area contributed by atoms with Gasteiger partial charge in [0.1, 0.15) is 4.90 Å². The van der Waals surface area contributed by atoms with Crippen LogP contribution in [0, 0.1) is 0 Å². The van der Waals surface area contributed by atoms with Gasteiger partial charge in [-0.05, 0) is 25.0 Å². The van der Waals surface area contributed by atoms with Crippen molar-refractivity contribution >= 4 is 21.6 Å². The van der Waals surface area contributed by atoms with E-state index in [4.69, 9.17) is 16.3 Å². The molecule has 0 bridgehead atoms. The summed E-state index contributed by atoms with van der Waals surface area (Å²) in [5.41, 5.74) is 0. The van der Waals surface area contributed by atoms with Gasteiger partial charge in [0.25, 0.3) is 0 Å². The molecule has 4 nitrogen and oxygen atoms in total. The van der Waals surface area contributed by atoms with E-state index in [1.54, 1.807) is 28.6 Å². The number of fused-ring (bicyclic) bond motifs is 1. The summed E-state index contributed by atoms with van der Waals surface area (Å²) in [7, 11) is -3.54. The highest BCUT2D eigenvalue weighted by Gasteiger charge is 2.41. The standard InChI is InChI=1S/C14H18ClNO3S/c15-11-5-1-4-8-14(11)20(17,18)16-9-10-19-13-7-3-2-6-12(13)16/h1,4-5,8,12-13H,2-3,6-7,9-10H2/t12-,13-/m1/s1. The Morgan fingerprint density at radius 2 is 1.95 bits per heavy atom. The number of halogens is 1. The van der Waals surface area contributed by atoms with Crippen molar-refractivity contribution in [3.05, 3.63) is 29.3 Å². The van der Waals surface area contributed by atoms with E-state index in [9.17, 15) is 8.42 Å². The highest BCUT2D eigenvalue weighted by Crippen LogP contribution is 2.33. The normalized spacial score (nSPS) is 28.1. The monoisotopic (exact) mass is 315 g/mol. The van der Waals surface area contributed by atoms with E-state index in [0.717, 1.165) is 25.7 Å². The minimum absolute atomic E-state index is 0.0368. The first-order valence-electron chi connectivity index (χ1n) is 6.98. The SMILES string of the molecule is O=S(=O)(c1ccccc1Cl)N1CCO[C@@H]2CCCC[C@H]21. The Labute approximate surface area is 124 Å². The van der Waals surface area contributed by atoms with Crippen molar-refractivity contribution in [2.24, 2.45) is 0 Å². The summed E-state index contributed by atoms with van der Waals surface area (Å²) < 4.78 is 33.0. The molecule has 6 heteroatoms. The first kappa shape index (κ1) is 14.3. The molecule has 2 atom stereocenters. The van der Waals surface area contributed by atoms with Gasteiger partial charge in [0.15, 0.2) is 0 Å². The summed E-state index contributed by atoms with van der Waals surface area (Å²) in [6.45, 7) is 0.875. The summed E-state index contributed by atoms with van der Waals surface area (Å²) in [4.78, 5) is 0.202. The molecule has 1 saturated heterocycles. The zero-order chi connectivity index (χ0) is 14.2. The third-order valence-electron chi connectivity index (χ3n) is 4.10. The van der Waals surface area contributed by atoms with Gasteiger partial charge in [-0.15, -0.1) is 0 Å². The molecule has 2 aliphatic rings. The molecular weight excluding hydrogens is 298 g/mol. The van der Waals surface area contributed by atoms with E-state index >= 15 is 0 Å². The summed E-state index contributed by atoms with van der Waals surface area (Å²) >= 11 is 6.07. The van der Waals surface area contributed by atoms with Crippen LogP contribution in [0.5, 0.6) is 0 Å². The van der Waals surface area contributed by atoms with Crippen molar-refractivity contribution in [2.75, 3.05) is 13.2 Å². The van der Waals surface area contributed by atoms with Crippen LogP contribution in [0.3, 0.4) is 0 Å². The van der Waals surface area contributed by atoms with Gasteiger partial charge in [0.05, 0.1) is 23.8 Å². The van der Waals surface area contributed by atoms with E-state index in [1.165, 1.54) is 0 Å². The minimum atomic E-state index is -3.54. The molecule has 0 N–H and O–H groups in total. The second-order valence-electron chi connectivity index (χ2n) is 5.31. The Hall–Kier alpha value is -0.620. The van der Waals surface area contributed by atoms with Gasteiger partial charge >= 0.3 is 0 Å². The quantitative estimate of drug-likeness (QED) is 0.843. The number of benzene rings is 1. The molecule has 1 aliphatic heterocycles. The Kier molecular flexibility index (Phi) is 4.04. The lowest BCUT2D eigenvalue weighted by molar-refractivity contribution is -0.0586. The van der Waals surface area contributed by atoms with Gasteiger partial charge in [0, 0.05) is 6.54 Å². The van der Waals surface area contributed by atoms with Gasteiger partial charge in [0.2, 0.25) is 10.0 Å². The maximum absolute atomic E-state index is 12.8. The summed E-state index contributed by atoms with van der Waals surface area (Å²) in [5.74, 6) is 0. The van der Waals surface area contributed by atoms with Gasteiger partial charge in [-0.25, -0.2) is 8.42 Å². The zero-order valence-electron chi connectivity index (χ0n) is 11.2. The Morgan fingerprint density at radius 1 is 1.20 bits per heavy atom. The summed E-state index contributed by atoms with van der Waals surface area (Å²) in [6.07, 6.45) is 4.02. The van der Waals surface area contributed by atoms with E-state index in [1.807, 2.05) is 0 Å². The van der Waals surface area contributed by atoms with Crippen LogP contribution in [-0.2, 0) is 14.8 Å². The number of hydrogen-bond donors (Lipinski definition) is 0. The zero-order valence-corrected chi connectivity index (χ0v) is 12.7. The van der Waals surface area contributed by atoms with Crippen LogP contribution in [0.25, 0.3) is 0 Å². The highest BCUT2D eigenvalue weighted by molar-refractivity contribution is 7.89. The topological polar surface area (TPSA) is 46.6 Å². The van der Waals surface area contributed by atoms with Crippen LogP contribution in [-0.4, -0.2) is 38.0 Å². The molecule has 0 aromatic heterocycles. The molecule has 0 radical (unpaired) electrons. The van der Waals surface area contributed by atoms with Gasteiger partial charge in [-0.2, -0.15) is 4.31 Å². The molecule has 0 spiro atoms. The number of sulfonamides is 1. The van der Waals surface area contributed by atoms with E-state index in [-0.39, 0.29) is 22.1 Å². The van der Waals surface area contributed by atoms with E-state index in [2.05, 4.69) is 0 Å². The van der Waals surface area contributed by atoms with Crippen LogP contribution < -0.4 is 0 Å². The number of hydrogen-bond acceptors (Lipinski definition) is 3. The third-order valence-corrected chi connectivity index (χ3v) is 6.53. The lowest BCUT2D eigenvalue weighted by atomic mass is 9.91. The van der Waals surface area contributed by atoms with Crippen molar-refractivity contribution in [3.63, 3.8) is 0 Å². The Morgan fingerprint density at radius 3 is 2.75 bits per heavy atom. The Balaban J connectivity index is 1.96. The molecular formula is C14H18ClNO3S. The van der Waals surface area contributed by atoms with Crippen molar-refractivity contribution in [1.82, 2.24) is 4.31 Å². The molecule has 1 aromatic rings. The van der Waals surface area contributed by atoms with Crippen molar-refractivity contribution in [3.8, 4) is 0 Å². The van der Waals surface area contributed by atoms with Crippen LogP contribution in [0.4, 0.5) is 0 Å². The van der Waals surface area contributed by atoms with Crippen molar-refractivity contribution in [1.29, 1.82) is 0 Å². The average molecular weight is 316 g/mol. The van der Waals surface area contributed by atoms with Gasteiger partial charge in [-0.3, -0.25) is 0 Å². The van der Waals surface area contributed by atoms with Crippen LogP contribution >= 0.6 is 11.6 Å². The first-order valence-corrected chi connectivity index (χ1v) is 8.80. The molecule has 1 aliphatic carbocycles. The second kappa shape index (κ2) is 5.64.